The Hall–Kier alpha value is -1.85. The number of fused-ring (bicyclic) bond motifs is 1. The fraction of sp³-hybridized carbons (Fsp3) is 0.679. The summed E-state index contributed by atoms with van der Waals surface area (Å²) in [6.45, 7) is 15.5. The number of halogens is 3. The van der Waals surface area contributed by atoms with Gasteiger partial charge in [0.2, 0.25) is 0 Å². The monoisotopic (exact) mass is 562 g/mol. The highest BCUT2D eigenvalue weighted by molar-refractivity contribution is 6.74. The van der Waals surface area contributed by atoms with Crippen molar-refractivity contribution in [3.05, 3.63) is 35.4 Å². The normalized spacial score (nSPS) is 26.4. The molecule has 0 N–H and O–H groups in total. The van der Waals surface area contributed by atoms with Crippen LogP contribution in [0.15, 0.2) is 29.9 Å². The van der Waals surface area contributed by atoms with E-state index in [1.807, 2.05) is 72.2 Å². The molecule has 0 radical (unpaired) electrons. The molecule has 0 spiro atoms. The van der Waals surface area contributed by atoms with Gasteiger partial charge in [-0.2, -0.15) is 18.3 Å². The van der Waals surface area contributed by atoms with Crippen LogP contribution in [-0.2, 0) is 23.4 Å². The van der Waals surface area contributed by atoms with E-state index in [1.54, 1.807) is 12.3 Å². The van der Waals surface area contributed by atoms with Crippen molar-refractivity contribution in [1.82, 2.24) is 9.78 Å². The van der Waals surface area contributed by atoms with Crippen LogP contribution in [0.3, 0.4) is 0 Å². The number of hydrogen-bond acceptors (Lipinski definition) is 6. The molecule has 1 atom stereocenters. The molecule has 40 heavy (non-hydrogen) atoms. The SMILES string of the molecule is CC1(C)OB(/C(CC(F)(F)F)=C(\B2OC(C)(C)C(C)(C)O2)c2ccc3c(cnn3C3CCCCO3)c2)OC1(C)C. The van der Waals surface area contributed by atoms with E-state index < -0.39 is 49.2 Å². The molecule has 5 rings (SSSR count). The molecule has 3 fully saturated rings. The Morgan fingerprint density at radius 2 is 1.48 bits per heavy atom. The van der Waals surface area contributed by atoms with E-state index in [0.29, 0.717) is 12.2 Å². The highest BCUT2D eigenvalue weighted by Crippen LogP contribution is 2.47. The number of benzene rings is 1. The number of ether oxygens (including phenoxy) is 1. The van der Waals surface area contributed by atoms with Gasteiger partial charge in [0.25, 0.3) is 0 Å². The van der Waals surface area contributed by atoms with Crippen LogP contribution in [0.5, 0.6) is 0 Å². The van der Waals surface area contributed by atoms with Crippen molar-refractivity contribution in [3.8, 4) is 0 Å². The van der Waals surface area contributed by atoms with Gasteiger partial charge in [0.05, 0.1) is 40.5 Å². The van der Waals surface area contributed by atoms with E-state index >= 15 is 0 Å². The van der Waals surface area contributed by atoms with Gasteiger partial charge in [-0.15, -0.1) is 0 Å². The van der Waals surface area contributed by atoms with Gasteiger partial charge in [-0.05, 0) is 103 Å². The summed E-state index contributed by atoms with van der Waals surface area (Å²) in [6, 6.07) is 5.51. The van der Waals surface area contributed by atoms with Crippen LogP contribution in [0, 0.1) is 0 Å². The predicted molar refractivity (Wildman–Crippen MR) is 148 cm³/mol. The maximum Gasteiger partial charge on any atom is 0.494 e. The van der Waals surface area contributed by atoms with Crippen LogP contribution in [-0.4, -0.2) is 59.2 Å². The average molecular weight is 562 g/mol. The lowest BCUT2D eigenvalue weighted by atomic mass is 9.61. The van der Waals surface area contributed by atoms with E-state index in [1.165, 1.54) is 0 Å². The molecule has 0 amide bonds. The Morgan fingerprint density at radius 1 is 0.900 bits per heavy atom. The van der Waals surface area contributed by atoms with E-state index in [2.05, 4.69) is 5.10 Å². The second kappa shape index (κ2) is 9.87. The van der Waals surface area contributed by atoms with Gasteiger partial charge in [0.15, 0.2) is 6.23 Å². The predicted octanol–water partition coefficient (Wildman–Crippen LogP) is 6.70. The Labute approximate surface area is 235 Å². The van der Waals surface area contributed by atoms with Gasteiger partial charge in [-0.25, -0.2) is 4.68 Å². The van der Waals surface area contributed by atoms with Gasteiger partial charge in [0.1, 0.15) is 0 Å². The Kier molecular flexibility index (Phi) is 7.31. The van der Waals surface area contributed by atoms with Crippen LogP contribution in [0.2, 0.25) is 0 Å². The molecular weight excluding hydrogens is 523 g/mol. The first kappa shape index (κ1) is 29.6. The fourth-order valence-corrected chi connectivity index (χ4v) is 5.31. The quantitative estimate of drug-likeness (QED) is 0.378. The number of alkyl halides is 3. The van der Waals surface area contributed by atoms with Crippen molar-refractivity contribution in [3.63, 3.8) is 0 Å². The molecule has 12 heteroatoms. The minimum Gasteiger partial charge on any atom is -0.400 e. The molecule has 4 heterocycles. The number of nitrogens with zero attached hydrogens (tertiary/aromatic N) is 2. The van der Waals surface area contributed by atoms with Crippen LogP contribution in [0.4, 0.5) is 13.2 Å². The summed E-state index contributed by atoms with van der Waals surface area (Å²) in [5, 5.41) is 5.35. The summed E-state index contributed by atoms with van der Waals surface area (Å²) < 4.78 is 75.5. The molecule has 1 aromatic heterocycles. The highest BCUT2D eigenvalue weighted by atomic mass is 19.4. The Bertz CT molecular complexity index is 1270. The molecule has 1 unspecified atom stereocenters. The molecule has 3 aliphatic rings. The van der Waals surface area contributed by atoms with E-state index in [0.717, 1.165) is 30.2 Å². The minimum atomic E-state index is -4.53. The number of allylic oxidation sites excluding steroid dienone is 1. The van der Waals surface area contributed by atoms with Crippen LogP contribution < -0.4 is 0 Å². The molecule has 2 aromatic rings. The first-order chi connectivity index (χ1) is 18.4. The first-order valence-corrected chi connectivity index (χ1v) is 14.0. The maximum absolute atomic E-state index is 14.2. The van der Waals surface area contributed by atoms with Crippen LogP contribution in [0.25, 0.3) is 16.4 Å². The van der Waals surface area contributed by atoms with Gasteiger partial charge < -0.3 is 23.4 Å². The second-order valence-electron chi connectivity index (χ2n) is 13.1. The Balaban J connectivity index is 1.67. The molecule has 218 valence electrons. The fourth-order valence-electron chi connectivity index (χ4n) is 5.31. The largest absolute Gasteiger partial charge is 0.494 e. The maximum atomic E-state index is 14.2. The molecule has 3 aliphatic heterocycles. The van der Waals surface area contributed by atoms with Gasteiger partial charge in [-0.3, -0.25) is 0 Å². The van der Waals surface area contributed by atoms with Crippen LogP contribution >= 0.6 is 0 Å². The summed E-state index contributed by atoms with van der Waals surface area (Å²) >= 11 is 0. The standard InChI is InChI=1S/C28H39B2F3N2O5/c1-24(2)25(3,4)38-29(37-24)20(16-28(31,32)33)23(30-39-26(5,6)27(7,8)40-30)18-12-13-21-19(15-18)17-34-35(21)22-11-9-10-14-36-22/h12-13,15,17,22H,9-11,14,16H2,1-8H3/b23-20-. The summed E-state index contributed by atoms with van der Waals surface area (Å²) in [5.74, 6) is 0. The third-order valence-corrected chi connectivity index (χ3v) is 9.10. The van der Waals surface area contributed by atoms with Gasteiger partial charge in [0, 0.05) is 12.0 Å². The topological polar surface area (TPSA) is 64.0 Å². The lowest BCUT2D eigenvalue weighted by Gasteiger charge is -2.32. The molecular formula is C28H39B2F3N2O5. The van der Waals surface area contributed by atoms with Crippen molar-refractivity contribution in [2.75, 3.05) is 6.61 Å². The summed E-state index contributed by atoms with van der Waals surface area (Å²) in [4.78, 5) is 0. The molecule has 0 aliphatic carbocycles. The van der Waals surface area contributed by atoms with Crippen LogP contribution in [0.1, 0.15) is 92.9 Å². The molecule has 7 nitrogen and oxygen atoms in total. The average Bonchev–Trinajstić information content (AvgIpc) is 3.41. The number of hydrogen-bond donors (Lipinski definition) is 0. The van der Waals surface area contributed by atoms with E-state index in [9.17, 15) is 13.2 Å². The molecule has 0 bridgehead atoms. The van der Waals surface area contributed by atoms with E-state index in [-0.39, 0.29) is 17.2 Å². The number of rotatable bonds is 5. The van der Waals surface area contributed by atoms with Crippen molar-refractivity contribution >= 4 is 30.6 Å². The first-order valence-electron chi connectivity index (χ1n) is 14.0. The minimum absolute atomic E-state index is 0.0630. The van der Waals surface area contributed by atoms with Crippen molar-refractivity contribution in [2.24, 2.45) is 0 Å². The smallest absolute Gasteiger partial charge is 0.400 e. The molecule has 1 aromatic carbocycles. The Morgan fingerprint density at radius 3 is 2.00 bits per heavy atom. The zero-order valence-electron chi connectivity index (χ0n) is 24.6. The van der Waals surface area contributed by atoms with Crippen molar-refractivity contribution < 1.29 is 36.5 Å². The summed E-state index contributed by atoms with van der Waals surface area (Å²) in [5.41, 5.74) is -1.63. The van der Waals surface area contributed by atoms with Gasteiger partial charge in [-0.1, -0.05) is 6.07 Å². The summed E-state index contributed by atoms with van der Waals surface area (Å²) in [6.07, 6.45) is -1.29. The zero-order chi connectivity index (χ0) is 29.3. The molecule has 3 saturated heterocycles. The van der Waals surface area contributed by atoms with Crippen molar-refractivity contribution in [1.29, 1.82) is 0 Å². The third-order valence-electron chi connectivity index (χ3n) is 9.10. The lowest BCUT2D eigenvalue weighted by molar-refractivity contribution is -0.126. The second-order valence-corrected chi connectivity index (χ2v) is 13.1. The summed E-state index contributed by atoms with van der Waals surface area (Å²) in [7, 11) is -2.31. The molecule has 0 saturated carbocycles. The van der Waals surface area contributed by atoms with Gasteiger partial charge >= 0.3 is 20.4 Å². The number of aromatic nitrogens is 2. The highest BCUT2D eigenvalue weighted by Gasteiger charge is 2.58. The zero-order valence-corrected chi connectivity index (χ0v) is 24.6. The third kappa shape index (κ3) is 5.38. The van der Waals surface area contributed by atoms with E-state index in [4.69, 9.17) is 23.4 Å². The van der Waals surface area contributed by atoms with Crippen molar-refractivity contribution in [2.45, 2.75) is 116 Å². The lowest BCUT2D eigenvalue weighted by Crippen LogP contribution is -2.41.